The summed E-state index contributed by atoms with van der Waals surface area (Å²) in [5.74, 6) is -6.24. The summed E-state index contributed by atoms with van der Waals surface area (Å²) >= 11 is 0. The van der Waals surface area contributed by atoms with Crippen molar-refractivity contribution >= 4 is 17.9 Å². The van der Waals surface area contributed by atoms with Gasteiger partial charge >= 0.3 is 29.5 Å². The van der Waals surface area contributed by atoms with Crippen molar-refractivity contribution in [1.82, 2.24) is 0 Å². The predicted molar refractivity (Wildman–Crippen MR) is 415 cm³/mol. The normalized spacial score (nSPS) is 18.6. The third kappa shape index (κ3) is 14.3. The van der Waals surface area contributed by atoms with E-state index < -0.39 is 66.5 Å². The van der Waals surface area contributed by atoms with Gasteiger partial charge in [0.05, 0.1) is 23.3 Å². The van der Waals surface area contributed by atoms with Gasteiger partial charge in [-0.05, 0) is 52.1 Å². The molecule has 0 aromatic heterocycles. The molecule has 0 unspecified atom stereocenters. The lowest BCUT2D eigenvalue weighted by Gasteiger charge is -2.48. The first kappa shape index (κ1) is 71.0. The first-order chi connectivity index (χ1) is 55.7. The third-order valence-electron chi connectivity index (χ3n) is 20.2. The quantitative estimate of drug-likeness (QED) is 0.0459. The average molecular weight is 1500 g/mol. The van der Waals surface area contributed by atoms with Gasteiger partial charge in [0.1, 0.15) is 45.2 Å². The summed E-state index contributed by atoms with van der Waals surface area (Å²) in [4.78, 5) is 50.0. The van der Waals surface area contributed by atoms with E-state index in [9.17, 15) is 0 Å². The molecule has 6 atom stereocenters. The monoisotopic (exact) mass is 1500 g/mol. The van der Waals surface area contributed by atoms with Crippen molar-refractivity contribution in [2.24, 2.45) is 0 Å². The van der Waals surface area contributed by atoms with Gasteiger partial charge in [-0.2, -0.15) is 0 Å². The predicted octanol–water partition coefficient (Wildman–Crippen LogP) is 18.4. The molecule has 18 rings (SSSR count). The van der Waals surface area contributed by atoms with Gasteiger partial charge in [-0.1, -0.05) is 303 Å². The Labute approximate surface area is 650 Å². The van der Waals surface area contributed by atoms with Gasteiger partial charge in [-0.25, -0.2) is 14.4 Å². The molecular formula is C95H72O18. The van der Waals surface area contributed by atoms with Crippen LogP contribution in [0.5, 0.6) is 51.7 Å². The van der Waals surface area contributed by atoms with Crippen LogP contribution in [0.1, 0.15) is 93.0 Å². The van der Waals surface area contributed by atoms with Crippen LogP contribution in [0.3, 0.4) is 0 Å². The van der Waals surface area contributed by atoms with Crippen LogP contribution >= 0.6 is 0 Å². The Hall–Kier alpha value is -13.7. The molecule has 0 radical (unpaired) electrons. The summed E-state index contributed by atoms with van der Waals surface area (Å²) < 4.78 is 105. The number of fused-ring (bicyclic) bond motifs is 9. The zero-order valence-electron chi connectivity index (χ0n) is 60.7. The molecule has 113 heavy (non-hydrogen) atoms. The van der Waals surface area contributed by atoms with Crippen LogP contribution in [0.4, 0.5) is 0 Å². The van der Waals surface area contributed by atoms with Crippen molar-refractivity contribution in [1.29, 1.82) is 0 Å². The van der Waals surface area contributed by atoms with Crippen LogP contribution < -0.4 is 42.6 Å². The largest absolute Gasteiger partial charge is 0.485 e. The number of ether oxygens (including phenoxy) is 15. The highest BCUT2D eigenvalue weighted by molar-refractivity contribution is 6.09. The zero-order valence-corrected chi connectivity index (χ0v) is 60.7. The van der Waals surface area contributed by atoms with Gasteiger partial charge in [-0.15, -0.1) is 0 Å². The second-order valence-corrected chi connectivity index (χ2v) is 27.6. The van der Waals surface area contributed by atoms with Crippen molar-refractivity contribution in [2.45, 2.75) is 81.6 Å². The van der Waals surface area contributed by atoms with E-state index in [1.54, 1.807) is 0 Å². The van der Waals surface area contributed by atoms with Crippen molar-refractivity contribution < 1.29 is 85.4 Å². The molecule has 2 fully saturated rings. The molecule has 13 aromatic carbocycles. The molecule has 13 aromatic rings. The minimum absolute atomic E-state index is 0.0258. The maximum atomic E-state index is 17.1. The van der Waals surface area contributed by atoms with Crippen LogP contribution in [0, 0.1) is 0 Å². The number of hydrogen-bond acceptors (Lipinski definition) is 18. The molecular weight excluding hydrogens is 1430 g/mol. The maximum absolute atomic E-state index is 17.1. The van der Waals surface area contributed by atoms with Gasteiger partial charge in [-0.3, -0.25) is 0 Å². The van der Waals surface area contributed by atoms with Gasteiger partial charge in [0.2, 0.25) is 29.6 Å². The molecule has 2 saturated heterocycles. The van der Waals surface area contributed by atoms with E-state index in [-0.39, 0.29) is 119 Å². The molecule has 0 saturated carbocycles. The molecule has 5 aliphatic rings. The second-order valence-electron chi connectivity index (χ2n) is 27.6. The standard InChI is InChI=1S/C95H72O18/c96-89(67-51-74(99-55-61-31-11-1-12-32-61)81(102-58-64-37-17-4-18-38-64)75(52-67)100-56-62-33-13-2-14-34-62)109-93-88-87(82-78(105-93)60-104-92(108-82)66-41-21-6-22-42-66)106-90(97)72-53-76(101-57-63-35-15-3-16-36-63)83-86(113-95(111-83,70-47-27-9-28-48-70)71-49-29-10-30-50-71)80(72)79-73(91(98)107-88)54-77-84(85(79)103-59-65-39-19-5-20-40-65)112-94(110-77,68-43-23-7-24-44-68)69-45-25-8-26-46-69/h1-54,78,82,87-88,92-93H,55-60H2/t78-,82-,87+,88-,92-,93+/m1/s1. The van der Waals surface area contributed by atoms with Gasteiger partial charge in [0.25, 0.3) is 0 Å². The molecule has 5 heterocycles. The lowest BCUT2D eigenvalue weighted by Crippen LogP contribution is -2.64. The molecule has 18 nitrogen and oxygen atoms in total. The first-order valence-electron chi connectivity index (χ1n) is 37.2. The summed E-state index contributed by atoms with van der Waals surface area (Å²) in [7, 11) is 0. The van der Waals surface area contributed by atoms with E-state index in [0.29, 0.717) is 33.4 Å². The third-order valence-corrected chi connectivity index (χ3v) is 20.2. The summed E-state index contributed by atoms with van der Waals surface area (Å²) in [6, 6.07) is 100. The number of carbonyl (C=O) groups excluding carboxylic acids is 3. The molecule has 0 bridgehead atoms. The highest BCUT2D eigenvalue weighted by atomic mass is 16.8. The Kier molecular flexibility index (Phi) is 19.7. The Bertz CT molecular complexity index is 5400. The molecule has 0 aliphatic carbocycles. The Morgan fingerprint density at radius 3 is 1.20 bits per heavy atom. The van der Waals surface area contributed by atoms with Crippen LogP contribution in [0.15, 0.2) is 328 Å². The van der Waals surface area contributed by atoms with Crippen molar-refractivity contribution in [3.63, 3.8) is 0 Å². The molecule has 5 aliphatic heterocycles. The van der Waals surface area contributed by atoms with Gasteiger partial charge < -0.3 is 71.1 Å². The van der Waals surface area contributed by atoms with E-state index in [0.717, 1.165) is 22.3 Å². The van der Waals surface area contributed by atoms with Crippen LogP contribution in [-0.4, -0.2) is 55.2 Å². The lowest BCUT2D eigenvalue weighted by atomic mass is 9.90. The fourth-order valence-corrected chi connectivity index (χ4v) is 14.7. The lowest BCUT2D eigenvalue weighted by molar-refractivity contribution is -0.351. The number of esters is 3. The first-order valence-corrected chi connectivity index (χ1v) is 37.2. The van der Waals surface area contributed by atoms with E-state index in [4.69, 9.17) is 71.1 Å². The van der Waals surface area contributed by atoms with E-state index in [1.807, 2.05) is 303 Å². The minimum Gasteiger partial charge on any atom is -0.485 e. The van der Waals surface area contributed by atoms with Gasteiger partial charge in [0.15, 0.2) is 46.9 Å². The van der Waals surface area contributed by atoms with Crippen LogP contribution in [-0.2, 0) is 73.0 Å². The fraction of sp³-hybridized carbons (Fsp3) is 0.147. The highest BCUT2D eigenvalue weighted by Gasteiger charge is 2.58. The second kappa shape index (κ2) is 31.4. The molecule has 0 amide bonds. The number of rotatable bonds is 22. The number of hydrogen-bond donors (Lipinski definition) is 0. The number of benzene rings is 13. The Morgan fingerprint density at radius 2 is 0.735 bits per heavy atom. The smallest absolute Gasteiger partial charge is 0.340 e. The van der Waals surface area contributed by atoms with Crippen molar-refractivity contribution in [2.75, 3.05) is 6.61 Å². The zero-order chi connectivity index (χ0) is 76.1. The minimum atomic E-state index is -1.92. The molecule has 0 N–H and O–H groups in total. The summed E-state index contributed by atoms with van der Waals surface area (Å²) in [6.45, 7) is -0.171. The van der Waals surface area contributed by atoms with E-state index >= 15 is 14.4 Å². The van der Waals surface area contributed by atoms with Crippen molar-refractivity contribution in [3.8, 4) is 62.9 Å². The number of carbonyl (C=O) groups is 3. The highest BCUT2D eigenvalue weighted by Crippen LogP contribution is 2.63. The van der Waals surface area contributed by atoms with Gasteiger partial charge in [0, 0.05) is 38.9 Å². The van der Waals surface area contributed by atoms with Crippen LogP contribution in [0.25, 0.3) is 11.1 Å². The summed E-state index contributed by atoms with van der Waals surface area (Å²) in [5.41, 5.74) is 6.13. The fourth-order valence-electron chi connectivity index (χ4n) is 14.7. The Balaban J connectivity index is 0.842. The molecule has 0 spiro atoms. The average Bonchev–Trinajstić information content (AvgIpc) is 1.59. The molecule has 18 heteroatoms. The van der Waals surface area contributed by atoms with Crippen molar-refractivity contribution in [3.05, 3.63) is 400 Å². The van der Waals surface area contributed by atoms with Crippen LogP contribution in [0.2, 0.25) is 0 Å². The Morgan fingerprint density at radius 1 is 0.354 bits per heavy atom. The topological polar surface area (TPSA) is 190 Å². The van der Waals surface area contributed by atoms with E-state index in [1.165, 1.54) is 24.3 Å². The molecule has 560 valence electrons. The summed E-state index contributed by atoms with van der Waals surface area (Å²) in [5, 5.41) is 0. The SMILES string of the molecule is O=C(O[C@@H]1O[C@@H]2CO[C@@H](c3ccccc3)O[C@H]2[C@@H]2OC(=O)c3cc(OCc4ccccc4)c4c(c3-c3c(cc5c(c3OCc3ccccc3)OC(c3ccccc3)(c3ccccc3)O5)C(=O)O[C@@H]12)OC(c1ccccc1)(c1ccccc1)O4)c1cc(OCc2ccccc2)c(OCc2ccccc2)c(OCc2ccccc2)c1. The maximum Gasteiger partial charge on any atom is 0.340 e. The summed E-state index contributed by atoms with van der Waals surface area (Å²) in [6.07, 6.45) is -9.09. The van der Waals surface area contributed by atoms with E-state index in [2.05, 4.69) is 0 Å².